The van der Waals surface area contributed by atoms with Crippen LogP contribution in [-0.4, -0.2) is 39.8 Å². The molecule has 2 N–H and O–H groups in total. The lowest BCUT2D eigenvalue weighted by atomic mass is 10.0. The molecule has 0 aromatic carbocycles. The fraction of sp³-hybridized carbons (Fsp3) is 0.474. The third-order valence-electron chi connectivity index (χ3n) is 4.14. The molecule has 2 rings (SSSR count). The van der Waals surface area contributed by atoms with E-state index in [4.69, 9.17) is 14.4 Å². The van der Waals surface area contributed by atoms with Gasteiger partial charge in [-0.15, -0.1) is 11.8 Å². The number of aliphatic imine (C=N–C) groups is 1. The van der Waals surface area contributed by atoms with Crippen LogP contribution in [0.15, 0.2) is 44.1 Å². The quantitative estimate of drug-likeness (QED) is 0.282. The normalized spacial score (nSPS) is 20.4. The van der Waals surface area contributed by atoms with Gasteiger partial charge in [0.25, 0.3) is 0 Å². The van der Waals surface area contributed by atoms with Crippen molar-refractivity contribution in [2.45, 2.75) is 45.2 Å². The van der Waals surface area contributed by atoms with Gasteiger partial charge in [-0.05, 0) is 20.3 Å². The Labute approximate surface area is 167 Å². The second kappa shape index (κ2) is 9.59. The number of amides is 1. The lowest BCUT2D eigenvalue weighted by molar-refractivity contribution is -0.125. The molecule has 2 unspecified atom stereocenters. The first-order chi connectivity index (χ1) is 13.3. The summed E-state index contributed by atoms with van der Waals surface area (Å²) < 4.78 is 10.7. The van der Waals surface area contributed by atoms with Gasteiger partial charge in [0, 0.05) is 11.8 Å². The molecule has 1 aromatic rings. The van der Waals surface area contributed by atoms with E-state index in [-0.39, 0.29) is 12.5 Å². The van der Waals surface area contributed by atoms with Crippen LogP contribution in [-0.2, 0) is 4.79 Å². The van der Waals surface area contributed by atoms with Gasteiger partial charge in [-0.25, -0.2) is 4.79 Å². The fourth-order valence-electron chi connectivity index (χ4n) is 2.61. The van der Waals surface area contributed by atoms with Crippen LogP contribution < -0.4 is 15.7 Å². The second-order valence-corrected chi connectivity index (χ2v) is 7.56. The third kappa shape index (κ3) is 5.25. The lowest BCUT2D eigenvalue weighted by Gasteiger charge is -2.24. The zero-order valence-corrected chi connectivity index (χ0v) is 17.0. The van der Waals surface area contributed by atoms with Gasteiger partial charge in [0.15, 0.2) is 0 Å². The number of hydrogen-bond donors (Lipinski definition) is 2. The maximum atomic E-state index is 12.9. The highest BCUT2D eigenvalue weighted by Gasteiger charge is 2.40. The van der Waals surface area contributed by atoms with E-state index in [2.05, 4.69) is 22.0 Å². The van der Waals surface area contributed by atoms with Crippen molar-refractivity contribution in [2.75, 3.05) is 12.4 Å². The topological polar surface area (TPSA) is 113 Å². The standard InChI is InChI=1S/C19H25N3O5S/c1-5-7-14(15-9-13(26-8-6-2)10-16(23)27-15)20-18(24)19(4)11-28-17(21-19)12(3)22-25/h6,9-10,14,25H,2,5,7-8,11H2,1,3-4H3,(H,20,24)/b22-12+. The molecular formula is C19H25N3O5S. The van der Waals surface area contributed by atoms with Crippen LogP contribution in [0.4, 0.5) is 0 Å². The number of thioether (sulfide) groups is 1. The van der Waals surface area contributed by atoms with Crippen molar-refractivity contribution in [3.63, 3.8) is 0 Å². The smallest absolute Gasteiger partial charge is 0.339 e. The molecule has 152 valence electrons. The lowest BCUT2D eigenvalue weighted by Crippen LogP contribution is -2.45. The van der Waals surface area contributed by atoms with E-state index >= 15 is 0 Å². The Morgan fingerprint density at radius 1 is 1.61 bits per heavy atom. The molecule has 1 amide bonds. The Bertz CT molecular complexity index is 848. The molecule has 0 spiro atoms. The molecule has 1 aromatic heterocycles. The summed E-state index contributed by atoms with van der Waals surface area (Å²) in [4.78, 5) is 29.2. The van der Waals surface area contributed by atoms with Crippen molar-refractivity contribution in [3.05, 3.63) is 41.0 Å². The van der Waals surface area contributed by atoms with Gasteiger partial charge in [-0.3, -0.25) is 9.79 Å². The van der Waals surface area contributed by atoms with E-state index in [1.54, 1.807) is 26.0 Å². The van der Waals surface area contributed by atoms with Gasteiger partial charge >= 0.3 is 5.63 Å². The van der Waals surface area contributed by atoms with E-state index in [9.17, 15) is 9.59 Å². The van der Waals surface area contributed by atoms with E-state index in [1.807, 2.05) is 6.92 Å². The van der Waals surface area contributed by atoms with Crippen LogP contribution in [0.1, 0.15) is 45.4 Å². The number of nitrogens with one attached hydrogen (secondary N) is 1. The number of oxime groups is 1. The molecule has 8 nitrogen and oxygen atoms in total. The van der Waals surface area contributed by atoms with Crippen molar-refractivity contribution >= 4 is 28.4 Å². The molecular weight excluding hydrogens is 382 g/mol. The van der Waals surface area contributed by atoms with Crippen molar-refractivity contribution < 1.29 is 19.2 Å². The number of rotatable bonds is 9. The van der Waals surface area contributed by atoms with Crippen LogP contribution >= 0.6 is 11.8 Å². The molecule has 28 heavy (non-hydrogen) atoms. The van der Waals surface area contributed by atoms with Gasteiger partial charge in [-0.1, -0.05) is 31.2 Å². The molecule has 0 saturated carbocycles. The fourth-order valence-corrected chi connectivity index (χ4v) is 3.74. The molecule has 1 aliphatic rings. The maximum Gasteiger partial charge on any atom is 0.339 e. The highest BCUT2D eigenvalue weighted by Crippen LogP contribution is 2.30. The monoisotopic (exact) mass is 407 g/mol. The Morgan fingerprint density at radius 3 is 3.00 bits per heavy atom. The average molecular weight is 407 g/mol. The minimum atomic E-state index is -1.00. The number of carbonyl (C=O) groups is 1. The van der Waals surface area contributed by atoms with E-state index in [1.165, 1.54) is 17.8 Å². The van der Waals surface area contributed by atoms with Crippen LogP contribution in [0, 0.1) is 0 Å². The molecule has 0 radical (unpaired) electrons. The largest absolute Gasteiger partial charge is 0.489 e. The van der Waals surface area contributed by atoms with Crippen LogP contribution in [0.5, 0.6) is 5.75 Å². The summed E-state index contributed by atoms with van der Waals surface area (Å²) in [5.41, 5.74) is -1.19. The highest BCUT2D eigenvalue weighted by atomic mass is 32.2. The molecule has 2 atom stereocenters. The molecule has 0 aliphatic carbocycles. The van der Waals surface area contributed by atoms with Crippen molar-refractivity contribution in [2.24, 2.45) is 10.1 Å². The maximum absolute atomic E-state index is 12.9. The Kier molecular flexibility index (Phi) is 7.45. The minimum Gasteiger partial charge on any atom is -0.489 e. The van der Waals surface area contributed by atoms with Crippen molar-refractivity contribution in [3.8, 4) is 5.75 Å². The van der Waals surface area contributed by atoms with Gasteiger partial charge < -0.3 is 19.7 Å². The first-order valence-electron chi connectivity index (χ1n) is 8.94. The van der Waals surface area contributed by atoms with Crippen LogP contribution in [0.3, 0.4) is 0 Å². The van der Waals surface area contributed by atoms with Gasteiger partial charge in [0.1, 0.15) is 34.4 Å². The van der Waals surface area contributed by atoms with Gasteiger partial charge in [0.2, 0.25) is 5.91 Å². The van der Waals surface area contributed by atoms with Gasteiger partial charge in [-0.2, -0.15) is 0 Å². The zero-order chi connectivity index (χ0) is 20.7. The Morgan fingerprint density at radius 2 is 2.36 bits per heavy atom. The molecule has 2 heterocycles. The molecule has 0 fully saturated rings. The van der Waals surface area contributed by atoms with E-state index in [0.717, 1.165) is 6.42 Å². The molecule has 1 aliphatic heterocycles. The Balaban J connectivity index is 2.24. The number of ether oxygens (including phenoxy) is 1. The molecule has 0 saturated heterocycles. The first-order valence-corrected chi connectivity index (χ1v) is 9.93. The number of carbonyl (C=O) groups excluding carboxylic acids is 1. The van der Waals surface area contributed by atoms with E-state index < -0.39 is 17.2 Å². The highest BCUT2D eigenvalue weighted by molar-refractivity contribution is 8.16. The SMILES string of the molecule is C=CCOc1cc(C(CCC)NC(=O)C2(C)CSC(/C(C)=N/O)=N2)oc(=O)c1. The van der Waals surface area contributed by atoms with Gasteiger partial charge in [0.05, 0.1) is 12.1 Å². The summed E-state index contributed by atoms with van der Waals surface area (Å²) in [5, 5.41) is 15.5. The Hall–Kier alpha value is -2.55. The summed E-state index contributed by atoms with van der Waals surface area (Å²) in [6.45, 7) is 9.15. The van der Waals surface area contributed by atoms with Crippen LogP contribution in [0.2, 0.25) is 0 Å². The first kappa shape index (κ1) is 21.7. The summed E-state index contributed by atoms with van der Waals surface area (Å²) >= 11 is 1.36. The predicted molar refractivity (Wildman–Crippen MR) is 110 cm³/mol. The summed E-state index contributed by atoms with van der Waals surface area (Å²) in [6.07, 6.45) is 2.92. The average Bonchev–Trinajstić information content (AvgIpc) is 3.08. The number of nitrogens with zero attached hydrogens (tertiary/aromatic N) is 2. The molecule has 0 bridgehead atoms. The second-order valence-electron chi connectivity index (χ2n) is 6.59. The molecule has 9 heteroatoms. The predicted octanol–water partition coefficient (Wildman–Crippen LogP) is 2.92. The summed E-state index contributed by atoms with van der Waals surface area (Å²) in [7, 11) is 0. The number of hydrogen-bond acceptors (Lipinski definition) is 8. The van der Waals surface area contributed by atoms with Crippen molar-refractivity contribution in [1.82, 2.24) is 5.32 Å². The summed E-state index contributed by atoms with van der Waals surface area (Å²) in [5.74, 6) is 0.818. The third-order valence-corrected chi connectivity index (χ3v) is 5.51. The van der Waals surface area contributed by atoms with E-state index in [0.29, 0.717) is 34.4 Å². The summed E-state index contributed by atoms with van der Waals surface area (Å²) in [6, 6.07) is 2.36. The van der Waals surface area contributed by atoms with Crippen LogP contribution in [0.25, 0.3) is 0 Å². The zero-order valence-electron chi connectivity index (χ0n) is 16.2. The minimum absolute atomic E-state index is 0.256. The van der Waals surface area contributed by atoms with Crippen molar-refractivity contribution in [1.29, 1.82) is 0 Å².